The van der Waals surface area contributed by atoms with Crippen LogP contribution in [0.4, 0.5) is 5.69 Å². The number of amides is 1. The summed E-state index contributed by atoms with van der Waals surface area (Å²) in [6.45, 7) is 5.74. The van der Waals surface area contributed by atoms with E-state index in [4.69, 9.17) is 0 Å². The van der Waals surface area contributed by atoms with Crippen LogP contribution in [0, 0.1) is 19.8 Å². The highest BCUT2D eigenvalue weighted by molar-refractivity contribution is 5.93. The van der Waals surface area contributed by atoms with Gasteiger partial charge in [-0.3, -0.25) is 9.78 Å². The Morgan fingerprint density at radius 1 is 1.35 bits per heavy atom. The number of anilines is 1. The summed E-state index contributed by atoms with van der Waals surface area (Å²) in [5.74, 6) is 0.261. The molecule has 1 aromatic heterocycles. The van der Waals surface area contributed by atoms with Gasteiger partial charge in [0.05, 0.1) is 11.4 Å². The predicted octanol–water partition coefficient (Wildman–Crippen LogP) is 1.64. The molecule has 4 nitrogen and oxygen atoms in total. The van der Waals surface area contributed by atoms with E-state index >= 15 is 0 Å². The smallest absolute Gasteiger partial charge is 0.227 e. The molecular formula is C13H19N3O. The minimum Gasteiger partial charge on any atom is -0.324 e. The predicted molar refractivity (Wildman–Crippen MR) is 67.9 cm³/mol. The third-order valence-electron chi connectivity index (χ3n) is 3.19. The number of nitrogens with one attached hydrogen (secondary N) is 2. The van der Waals surface area contributed by atoms with Gasteiger partial charge in [0.25, 0.3) is 0 Å². The lowest BCUT2D eigenvalue weighted by Gasteiger charge is -2.22. The number of hydrogen-bond donors (Lipinski definition) is 2. The first-order valence-corrected chi connectivity index (χ1v) is 6.12. The molecule has 2 N–H and O–H groups in total. The molecular weight excluding hydrogens is 214 g/mol. The zero-order chi connectivity index (χ0) is 12.3. The number of hydrogen-bond acceptors (Lipinski definition) is 3. The van der Waals surface area contributed by atoms with Crippen LogP contribution in [0.1, 0.15) is 24.2 Å². The van der Waals surface area contributed by atoms with Gasteiger partial charge in [-0.25, -0.2) is 0 Å². The average Bonchev–Trinajstić information content (AvgIpc) is 2.34. The Hall–Kier alpha value is -1.42. The van der Waals surface area contributed by atoms with Crippen LogP contribution in [0.3, 0.4) is 0 Å². The number of carbonyl (C=O) groups is 1. The van der Waals surface area contributed by atoms with E-state index in [1.165, 1.54) is 0 Å². The van der Waals surface area contributed by atoms with Crippen molar-refractivity contribution < 1.29 is 4.79 Å². The Morgan fingerprint density at radius 3 is 2.71 bits per heavy atom. The van der Waals surface area contributed by atoms with Gasteiger partial charge in [0.2, 0.25) is 5.91 Å². The average molecular weight is 233 g/mol. The lowest BCUT2D eigenvalue weighted by Crippen LogP contribution is -2.34. The number of rotatable bonds is 2. The molecule has 0 unspecified atom stereocenters. The van der Waals surface area contributed by atoms with Crippen LogP contribution < -0.4 is 10.6 Å². The summed E-state index contributed by atoms with van der Waals surface area (Å²) in [5.41, 5.74) is 2.69. The lowest BCUT2D eigenvalue weighted by molar-refractivity contribution is -0.120. The fourth-order valence-electron chi connectivity index (χ4n) is 2.14. The zero-order valence-corrected chi connectivity index (χ0v) is 10.4. The van der Waals surface area contributed by atoms with Crippen molar-refractivity contribution in [2.24, 2.45) is 5.92 Å². The third-order valence-corrected chi connectivity index (χ3v) is 3.19. The van der Waals surface area contributed by atoms with Gasteiger partial charge in [0.1, 0.15) is 0 Å². The summed E-state index contributed by atoms with van der Waals surface area (Å²) in [4.78, 5) is 16.4. The van der Waals surface area contributed by atoms with Crippen LogP contribution in [0.15, 0.2) is 12.1 Å². The van der Waals surface area contributed by atoms with Gasteiger partial charge in [-0.15, -0.1) is 0 Å². The summed E-state index contributed by atoms with van der Waals surface area (Å²) in [6, 6.07) is 3.85. The molecule has 1 fully saturated rings. The molecule has 1 amide bonds. The Balaban J connectivity index is 2.02. The van der Waals surface area contributed by atoms with Gasteiger partial charge < -0.3 is 10.6 Å². The molecule has 4 heteroatoms. The quantitative estimate of drug-likeness (QED) is 0.816. The fraction of sp³-hybridized carbons (Fsp3) is 0.538. The first-order chi connectivity index (χ1) is 8.16. The Kier molecular flexibility index (Phi) is 3.74. The monoisotopic (exact) mass is 233 g/mol. The van der Waals surface area contributed by atoms with Crippen LogP contribution in [0.25, 0.3) is 0 Å². The van der Waals surface area contributed by atoms with Crippen LogP contribution in [0.5, 0.6) is 0 Å². The highest BCUT2D eigenvalue weighted by Gasteiger charge is 2.21. The molecule has 1 aliphatic heterocycles. The topological polar surface area (TPSA) is 54.0 Å². The van der Waals surface area contributed by atoms with Gasteiger partial charge in [-0.05, 0) is 51.9 Å². The number of carbonyl (C=O) groups excluding carboxylic acids is 1. The maximum atomic E-state index is 12.0. The maximum Gasteiger partial charge on any atom is 0.227 e. The van der Waals surface area contributed by atoms with E-state index in [1.807, 2.05) is 26.0 Å². The van der Waals surface area contributed by atoms with E-state index < -0.39 is 0 Å². The second kappa shape index (κ2) is 5.27. The Morgan fingerprint density at radius 2 is 2.06 bits per heavy atom. The largest absolute Gasteiger partial charge is 0.324 e. The molecule has 17 heavy (non-hydrogen) atoms. The number of pyridine rings is 1. The van der Waals surface area contributed by atoms with Crippen LogP contribution in [0.2, 0.25) is 0 Å². The minimum absolute atomic E-state index is 0.125. The van der Waals surface area contributed by atoms with Crippen molar-refractivity contribution in [1.29, 1.82) is 0 Å². The number of aromatic nitrogens is 1. The molecule has 92 valence electrons. The number of piperidine rings is 1. The molecule has 2 rings (SSSR count). The van der Waals surface area contributed by atoms with Crippen LogP contribution in [-0.2, 0) is 4.79 Å². The van der Waals surface area contributed by atoms with Crippen molar-refractivity contribution in [3.05, 3.63) is 23.5 Å². The van der Waals surface area contributed by atoms with Gasteiger partial charge in [-0.1, -0.05) is 0 Å². The SMILES string of the molecule is Cc1ccc(NC(=O)C2CCNCC2)c(C)n1. The highest BCUT2D eigenvalue weighted by atomic mass is 16.1. The van der Waals surface area contributed by atoms with Gasteiger partial charge >= 0.3 is 0 Å². The summed E-state index contributed by atoms with van der Waals surface area (Å²) in [7, 11) is 0. The second-order valence-electron chi connectivity index (χ2n) is 4.60. The van der Waals surface area contributed by atoms with E-state index in [-0.39, 0.29) is 11.8 Å². The highest BCUT2D eigenvalue weighted by Crippen LogP contribution is 2.17. The van der Waals surface area contributed by atoms with Crippen molar-refractivity contribution in [2.45, 2.75) is 26.7 Å². The van der Waals surface area contributed by atoms with E-state index in [9.17, 15) is 4.79 Å². The number of aryl methyl sites for hydroxylation is 2. The summed E-state index contributed by atoms with van der Waals surface area (Å²) >= 11 is 0. The minimum atomic E-state index is 0.125. The zero-order valence-electron chi connectivity index (χ0n) is 10.4. The lowest BCUT2D eigenvalue weighted by atomic mass is 9.97. The summed E-state index contributed by atoms with van der Waals surface area (Å²) < 4.78 is 0. The molecule has 0 spiro atoms. The second-order valence-corrected chi connectivity index (χ2v) is 4.60. The van der Waals surface area contributed by atoms with Crippen molar-refractivity contribution in [3.8, 4) is 0 Å². The van der Waals surface area contributed by atoms with Gasteiger partial charge in [0.15, 0.2) is 0 Å². The molecule has 0 aliphatic carbocycles. The van der Waals surface area contributed by atoms with E-state index in [1.54, 1.807) is 0 Å². The Labute approximate surface area is 102 Å². The fourth-order valence-corrected chi connectivity index (χ4v) is 2.14. The molecule has 1 aliphatic rings. The molecule has 1 aromatic rings. The van der Waals surface area contributed by atoms with Crippen LogP contribution in [-0.4, -0.2) is 24.0 Å². The third kappa shape index (κ3) is 3.03. The summed E-state index contributed by atoms with van der Waals surface area (Å²) in [5, 5.41) is 6.24. The van der Waals surface area contributed by atoms with Crippen molar-refractivity contribution in [2.75, 3.05) is 18.4 Å². The molecule has 0 saturated carbocycles. The first kappa shape index (κ1) is 12.0. The van der Waals surface area contributed by atoms with Crippen molar-refractivity contribution in [1.82, 2.24) is 10.3 Å². The maximum absolute atomic E-state index is 12.0. The Bertz CT molecular complexity index is 411. The molecule has 0 atom stereocenters. The van der Waals surface area contributed by atoms with E-state index in [2.05, 4.69) is 15.6 Å². The van der Waals surface area contributed by atoms with Gasteiger partial charge in [-0.2, -0.15) is 0 Å². The van der Waals surface area contributed by atoms with Crippen molar-refractivity contribution >= 4 is 11.6 Å². The molecule has 0 aromatic carbocycles. The standard InChI is InChI=1S/C13H19N3O/c1-9-3-4-12(10(2)15-9)16-13(17)11-5-7-14-8-6-11/h3-4,11,14H,5-8H2,1-2H3,(H,16,17). The number of nitrogens with zero attached hydrogens (tertiary/aromatic N) is 1. The van der Waals surface area contributed by atoms with Crippen LogP contribution >= 0.6 is 0 Å². The summed E-state index contributed by atoms with van der Waals surface area (Å²) in [6.07, 6.45) is 1.84. The van der Waals surface area contributed by atoms with E-state index in [0.717, 1.165) is 43.0 Å². The molecule has 0 bridgehead atoms. The molecule has 1 saturated heterocycles. The normalized spacial score (nSPS) is 16.8. The van der Waals surface area contributed by atoms with Crippen molar-refractivity contribution in [3.63, 3.8) is 0 Å². The van der Waals surface area contributed by atoms with E-state index in [0.29, 0.717) is 0 Å². The molecule has 2 heterocycles. The first-order valence-electron chi connectivity index (χ1n) is 6.12. The molecule has 0 radical (unpaired) electrons. The van der Waals surface area contributed by atoms with Gasteiger partial charge in [0, 0.05) is 11.6 Å².